The second-order valence-corrected chi connectivity index (χ2v) is 18.2. The number of amides is 1. The van der Waals surface area contributed by atoms with Crippen molar-refractivity contribution < 1.29 is 22.9 Å². The minimum atomic E-state index is -4.36. The molecule has 7 heteroatoms. The Labute approximate surface area is 365 Å². The van der Waals surface area contributed by atoms with Crippen LogP contribution in [0.1, 0.15) is 232 Å². The Morgan fingerprint density at radius 1 is 0.475 bits per heavy atom. The summed E-state index contributed by atoms with van der Waals surface area (Å²) in [6.07, 6.45) is 64.7. The lowest BCUT2D eigenvalue weighted by Crippen LogP contribution is -2.46. The SMILES string of the molecule is CC/C=C\C/C=C\C/C=C\C/C=C\C/C=C\CCCCCCCCCC(=O)NC(CS(=O)(=O)O)C(O)/C=C/CCCCCCCCCCCCCCCCCCCCC. The van der Waals surface area contributed by atoms with Gasteiger partial charge in [0.2, 0.25) is 5.91 Å². The predicted octanol–water partition coefficient (Wildman–Crippen LogP) is 15.4. The Balaban J connectivity index is 3.87. The van der Waals surface area contributed by atoms with Crippen LogP contribution in [0.3, 0.4) is 0 Å². The van der Waals surface area contributed by atoms with E-state index in [-0.39, 0.29) is 12.3 Å². The molecule has 0 aliphatic rings. The predicted molar refractivity (Wildman–Crippen MR) is 258 cm³/mol. The molecule has 1 amide bonds. The van der Waals surface area contributed by atoms with Crippen molar-refractivity contribution >= 4 is 16.0 Å². The van der Waals surface area contributed by atoms with E-state index in [4.69, 9.17) is 0 Å². The molecule has 0 saturated heterocycles. The molecule has 6 nitrogen and oxygen atoms in total. The van der Waals surface area contributed by atoms with Crippen molar-refractivity contribution in [1.29, 1.82) is 0 Å². The molecule has 3 N–H and O–H groups in total. The summed E-state index contributed by atoms with van der Waals surface area (Å²) in [5.41, 5.74) is 0. The topological polar surface area (TPSA) is 104 Å². The number of rotatable bonds is 44. The van der Waals surface area contributed by atoms with Crippen molar-refractivity contribution in [3.8, 4) is 0 Å². The van der Waals surface area contributed by atoms with Crippen molar-refractivity contribution in [2.24, 2.45) is 0 Å². The number of carbonyl (C=O) groups excluding carboxylic acids is 1. The van der Waals surface area contributed by atoms with Gasteiger partial charge in [-0.2, -0.15) is 8.42 Å². The lowest BCUT2D eigenvalue weighted by molar-refractivity contribution is -0.122. The first-order valence-corrected chi connectivity index (χ1v) is 26.2. The summed E-state index contributed by atoms with van der Waals surface area (Å²) < 4.78 is 32.7. The Hall–Kier alpha value is -2.22. The van der Waals surface area contributed by atoms with Crippen LogP contribution in [0.15, 0.2) is 72.9 Å². The van der Waals surface area contributed by atoms with Crippen LogP contribution in [0.2, 0.25) is 0 Å². The average molecular weight is 844 g/mol. The fraction of sp³-hybridized carbons (Fsp3) is 0.750. The molecule has 0 aliphatic heterocycles. The normalized spacial score (nSPS) is 13.8. The molecule has 0 aromatic rings. The van der Waals surface area contributed by atoms with E-state index in [9.17, 15) is 22.9 Å². The Morgan fingerprint density at radius 2 is 0.814 bits per heavy atom. The molecule has 0 aromatic heterocycles. The van der Waals surface area contributed by atoms with Gasteiger partial charge in [-0.25, -0.2) is 0 Å². The quantitative estimate of drug-likeness (QED) is 0.0322. The highest BCUT2D eigenvalue weighted by molar-refractivity contribution is 7.85. The summed E-state index contributed by atoms with van der Waals surface area (Å²) in [6, 6.07) is -1.07. The van der Waals surface area contributed by atoms with Gasteiger partial charge in [-0.05, 0) is 64.2 Å². The number of carbonyl (C=O) groups is 1. The zero-order valence-electron chi connectivity index (χ0n) is 38.4. The van der Waals surface area contributed by atoms with Crippen molar-refractivity contribution in [3.63, 3.8) is 0 Å². The summed E-state index contributed by atoms with van der Waals surface area (Å²) in [5, 5.41) is 13.3. The van der Waals surface area contributed by atoms with Gasteiger partial charge >= 0.3 is 0 Å². The Kier molecular flexibility index (Phi) is 43.6. The van der Waals surface area contributed by atoms with E-state index in [0.29, 0.717) is 0 Å². The fourth-order valence-electron chi connectivity index (χ4n) is 7.24. The molecule has 0 radical (unpaired) electrons. The first-order chi connectivity index (χ1) is 28.8. The van der Waals surface area contributed by atoms with Crippen molar-refractivity contribution in [1.82, 2.24) is 5.32 Å². The minimum Gasteiger partial charge on any atom is -0.387 e. The van der Waals surface area contributed by atoms with Crippen LogP contribution in [-0.2, 0) is 14.9 Å². The van der Waals surface area contributed by atoms with Crippen LogP contribution in [-0.4, -0.2) is 41.9 Å². The van der Waals surface area contributed by atoms with E-state index in [1.165, 1.54) is 128 Å². The van der Waals surface area contributed by atoms with Crippen molar-refractivity contribution in [2.45, 2.75) is 244 Å². The molecule has 0 saturated carbocycles. The molecular formula is C52H93NO5S. The average Bonchev–Trinajstić information content (AvgIpc) is 3.20. The largest absolute Gasteiger partial charge is 0.387 e. The molecule has 2 unspecified atom stereocenters. The maximum Gasteiger partial charge on any atom is 0.267 e. The number of allylic oxidation sites excluding steroid dienone is 11. The Morgan fingerprint density at radius 3 is 1.20 bits per heavy atom. The zero-order chi connectivity index (χ0) is 43.2. The van der Waals surface area contributed by atoms with E-state index >= 15 is 0 Å². The molecule has 0 rings (SSSR count). The Bertz CT molecular complexity index is 1200. The molecular weight excluding hydrogens is 751 g/mol. The van der Waals surface area contributed by atoms with Gasteiger partial charge in [0.1, 0.15) is 0 Å². The zero-order valence-corrected chi connectivity index (χ0v) is 39.2. The fourth-order valence-corrected chi connectivity index (χ4v) is 7.98. The first-order valence-electron chi connectivity index (χ1n) is 24.6. The van der Waals surface area contributed by atoms with Gasteiger partial charge in [-0.3, -0.25) is 9.35 Å². The molecule has 0 spiro atoms. The third-order valence-corrected chi connectivity index (χ3v) is 11.7. The van der Waals surface area contributed by atoms with Crippen LogP contribution < -0.4 is 5.32 Å². The molecule has 0 fully saturated rings. The molecule has 59 heavy (non-hydrogen) atoms. The first kappa shape index (κ1) is 56.8. The summed E-state index contributed by atoms with van der Waals surface area (Å²) in [6.45, 7) is 4.43. The van der Waals surface area contributed by atoms with Crippen molar-refractivity contribution in [2.75, 3.05) is 5.75 Å². The van der Waals surface area contributed by atoms with Gasteiger partial charge in [-0.15, -0.1) is 0 Å². The summed E-state index contributed by atoms with van der Waals surface area (Å²) in [4.78, 5) is 12.6. The second-order valence-electron chi connectivity index (χ2n) is 16.7. The van der Waals surface area contributed by atoms with E-state index in [0.717, 1.165) is 83.5 Å². The molecule has 0 aliphatic carbocycles. The van der Waals surface area contributed by atoms with Gasteiger partial charge < -0.3 is 10.4 Å². The van der Waals surface area contributed by atoms with Gasteiger partial charge in [0.25, 0.3) is 10.1 Å². The second kappa shape index (κ2) is 45.3. The number of aliphatic hydroxyl groups is 1. The van der Waals surface area contributed by atoms with Gasteiger partial charge in [-0.1, -0.05) is 234 Å². The molecule has 0 aromatic carbocycles. The standard InChI is InChI=1S/C52H93NO5S/c1-3-5-7-9-11-13-15-17-19-21-23-25-26-28-30-32-34-36-38-40-42-44-46-48-52(55)53-50(49-59(56,57)58)51(54)47-45-43-41-39-37-35-33-31-29-27-24-22-20-18-16-14-12-10-8-6-4-2/h5,7,11,13,17,19,23,25,28,30,45,47,50-51,54H,3-4,6,8-10,12,14-16,18,20-22,24,26-27,29,31-44,46,48-49H2,1-2H3,(H,53,55)(H,56,57,58)/b7-5-,13-11-,19-17-,25-23-,30-28-,47-45+. The third-order valence-electron chi connectivity index (χ3n) is 10.9. The van der Waals surface area contributed by atoms with Crippen LogP contribution in [0, 0.1) is 0 Å². The summed E-state index contributed by atoms with van der Waals surface area (Å²) in [5.74, 6) is -0.995. The highest BCUT2D eigenvalue weighted by atomic mass is 32.2. The summed E-state index contributed by atoms with van der Waals surface area (Å²) in [7, 11) is -4.36. The maximum atomic E-state index is 12.6. The lowest BCUT2D eigenvalue weighted by atomic mass is 10.0. The third kappa shape index (κ3) is 46.7. The molecule has 342 valence electrons. The lowest BCUT2D eigenvalue weighted by Gasteiger charge is -2.21. The monoisotopic (exact) mass is 844 g/mol. The smallest absolute Gasteiger partial charge is 0.267 e. The summed E-state index contributed by atoms with van der Waals surface area (Å²) >= 11 is 0. The number of nitrogens with one attached hydrogen (secondary N) is 1. The number of aliphatic hydroxyl groups excluding tert-OH is 1. The number of unbranched alkanes of at least 4 members (excludes halogenated alkanes) is 26. The molecule has 2 atom stereocenters. The van der Waals surface area contributed by atoms with Crippen molar-refractivity contribution in [3.05, 3.63) is 72.9 Å². The van der Waals surface area contributed by atoms with Crippen LogP contribution >= 0.6 is 0 Å². The van der Waals surface area contributed by atoms with E-state index in [1.54, 1.807) is 6.08 Å². The van der Waals surface area contributed by atoms with Crippen LogP contribution in [0.4, 0.5) is 0 Å². The van der Waals surface area contributed by atoms with Gasteiger partial charge in [0.15, 0.2) is 0 Å². The molecule has 0 bridgehead atoms. The maximum absolute atomic E-state index is 12.6. The highest BCUT2D eigenvalue weighted by Crippen LogP contribution is 2.16. The number of hydrogen-bond acceptors (Lipinski definition) is 4. The van der Waals surface area contributed by atoms with E-state index in [1.807, 2.05) is 6.08 Å². The molecule has 0 heterocycles. The van der Waals surface area contributed by atoms with E-state index < -0.39 is 28.0 Å². The van der Waals surface area contributed by atoms with Gasteiger partial charge in [0.05, 0.1) is 17.9 Å². The van der Waals surface area contributed by atoms with Crippen LogP contribution in [0.25, 0.3) is 0 Å². The van der Waals surface area contributed by atoms with Crippen LogP contribution in [0.5, 0.6) is 0 Å². The minimum absolute atomic E-state index is 0.280. The van der Waals surface area contributed by atoms with E-state index in [2.05, 4.69) is 79.9 Å². The van der Waals surface area contributed by atoms with Gasteiger partial charge in [0, 0.05) is 6.42 Å². The highest BCUT2D eigenvalue weighted by Gasteiger charge is 2.24. The number of hydrogen-bond donors (Lipinski definition) is 3.